The first kappa shape index (κ1) is 12.4. The maximum atomic E-state index is 12.1. The fourth-order valence-electron chi connectivity index (χ4n) is 2.81. The number of rotatable bonds is 3. The van der Waals surface area contributed by atoms with Crippen LogP contribution in [0.2, 0.25) is 0 Å². The third-order valence-corrected chi connectivity index (χ3v) is 4.36. The smallest absolute Gasteiger partial charge is 0.178 e. The maximum Gasteiger partial charge on any atom is 0.178 e. The van der Waals surface area contributed by atoms with Crippen molar-refractivity contribution in [3.8, 4) is 0 Å². The monoisotopic (exact) mass is 274 g/mol. The molecule has 0 aromatic heterocycles. The molecule has 98 valence electrons. The molecule has 0 unspecified atom stereocenters. The Bertz CT molecular complexity index is 778. The van der Waals surface area contributed by atoms with E-state index >= 15 is 0 Å². The second kappa shape index (κ2) is 4.17. The lowest BCUT2D eigenvalue weighted by Gasteiger charge is -2.07. The van der Waals surface area contributed by atoms with Crippen LogP contribution in [0.5, 0.6) is 0 Å². The molecule has 0 amide bonds. The molecule has 4 heteroatoms. The van der Waals surface area contributed by atoms with Crippen LogP contribution in [-0.4, -0.2) is 26.2 Å². The van der Waals surface area contributed by atoms with Crippen LogP contribution in [0.3, 0.4) is 0 Å². The molecule has 0 radical (unpaired) electrons. The van der Waals surface area contributed by atoms with Crippen LogP contribution in [0.15, 0.2) is 30.3 Å². The number of Topliss-reactive ketones (excluding diaryl/α,β-unsaturated/α-hetero) is 1. The van der Waals surface area contributed by atoms with E-state index in [1.165, 1.54) is 11.1 Å². The fourth-order valence-corrected chi connectivity index (χ4v) is 3.44. The van der Waals surface area contributed by atoms with Crippen LogP contribution < -0.4 is 0 Å². The van der Waals surface area contributed by atoms with Crippen LogP contribution >= 0.6 is 0 Å². The van der Waals surface area contributed by atoms with Gasteiger partial charge in [0.25, 0.3) is 0 Å². The molecule has 3 nitrogen and oxygen atoms in total. The molecule has 3 rings (SSSR count). The summed E-state index contributed by atoms with van der Waals surface area (Å²) in [7, 11) is -3.29. The number of sulfone groups is 1. The first-order chi connectivity index (χ1) is 8.96. The van der Waals surface area contributed by atoms with Crippen LogP contribution in [-0.2, 0) is 22.7 Å². The van der Waals surface area contributed by atoms with Gasteiger partial charge in [0.05, 0.1) is 0 Å². The first-order valence-electron chi connectivity index (χ1n) is 6.20. The van der Waals surface area contributed by atoms with Crippen molar-refractivity contribution in [1.82, 2.24) is 0 Å². The van der Waals surface area contributed by atoms with Crippen molar-refractivity contribution < 1.29 is 13.2 Å². The second-order valence-corrected chi connectivity index (χ2v) is 7.25. The Morgan fingerprint density at radius 3 is 2.47 bits per heavy atom. The Morgan fingerprint density at radius 1 is 1.11 bits per heavy atom. The summed E-state index contributed by atoms with van der Waals surface area (Å²) >= 11 is 0. The molecule has 1 aliphatic carbocycles. The number of carbonyl (C=O) groups is 1. The van der Waals surface area contributed by atoms with Crippen LogP contribution in [0.4, 0.5) is 0 Å². The van der Waals surface area contributed by atoms with Gasteiger partial charge in [-0.1, -0.05) is 30.3 Å². The molecule has 0 heterocycles. The zero-order chi connectivity index (χ0) is 13.6. The lowest BCUT2D eigenvalue weighted by molar-refractivity contribution is 0.102. The van der Waals surface area contributed by atoms with Crippen molar-refractivity contribution in [2.24, 2.45) is 0 Å². The van der Waals surface area contributed by atoms with E-state index in [4.69, 9.17) is 0 Å². The van der Waals surface area contributed by atoms with E-state index in [1.807, 2.05) is 18.2 Å². The van der Waals surface area contributed by atoms with E-state index in [0.29, 0.717) is 5.56 Å². The number of carbonyl (C=O) groups excluding carboxylic acids is 1. The summed E-state index contributed by atoms with van der Waals surface area (Å²) < 4.78 is 22.6. The molecule has 19 heavy (non-hydrogen) atoms. The lowest BCUT2D eigenvalue weighted by Crippen LogP contribution is -2.15. The van der Waals surface area contributed by atoms with Gasteiger partial charge in [-0.05, 0) is 34.7 Å². The first-order valence-corrected chi connectivity index (χ1v) is 8.26. The number of benzene rings is 2. The summed E-state index contributed by atoms with van der Waals surface area (Å²) in [5.41, 5.74) is 3.02. The highest BCUT2D eigenvalue weighted by molar-refractivity contribution is 7.91. The minimum atomic E-state index is -3.29. The highest BCUT2D eigenvalue weighted by Gasteiger charge is 2.20. The van der Waals surface area contributed by atoms with Crippen molar-refractivity contribution in [2.75, 3.05) is 12.0 Å². The standard InChI is InChI=1S/C15H14O3S/c1-19(17,18)9-14(16)12-8-7-11-6-5-10-3-2-4-13(12)15(10)11/h2-4,7-8H,5-6,9H2,1H3. The number of hydrogen-bond acceptors (Lipinski definition) is 3. The van der Waals surface area contributed by atoms with Crippen LogP contribution in [0.1, 0.15) is 21.5 Å². The highest BCUT2D eigenvalue weighted by Crippen LogP contribution is 2.32. The fraction of sp³-hybridized carbons (Fsp3) is 0.267. The maximum absolute atomic E-state index is 12.1. The minimum Gasteiger partial charge on any atom is -0.293 e. The normalized spacial score (nSPS) is 13.9. The van der Waals surface area contributed by atoms with Crippen molar-refractivity contribution in [1.29, 1.82) is 0 Å². The number of ketones is 1. The summed E-state index contributed by atoms with van der Waals surface area (Å²) in [6.45, 7) is 0. The summed E-state index contributed by atoms with van der Waals surface area (Å²) in [4.78, 5) is 12.1. The van der Waals surface area contributed by atoms with Gasteiger partial charge in [-0.15, -0.1) is 0 Å². The predicted molar refractivity (Wildman–Crippen MR) is 75.4 cm³/mol. The average molecular weight is 274 g/mol. The number of hydrogen-bond donors (Lipinski definition) is 0. The lowest BCUT2D eigenvalue weighted by atomic mass is 9.98. The Hall–Kier alpha value is -1.68. The van der Waals surface area contributed by atoms with Gasteiger partial charge in [0.2, 0.25) is 0 Å². The van der Waals surface area contributed by atoms with Crippen molar-refractivity contribution in [3.63, 3.8) is 0 Å². The van der Waals surface area contributed by atoms with E-state index in [-0.39, 0.29) is 5.78 Å². The largest absolute Gasteiger partial charge is 0.293 e. The van der Waals surface area contributed by atoms with Gasteiger partial charge in [0.15, 0.2) is 15.6 Å². The third-order valence-electron chi connectivity index (χ3n) is 3.57. The Labute approximate surface area is 112 Å². The number of aryl methyl sites for hydroxylation is 2. The van der Waals surface area contributed by atoms with E-state index in [0.717, 1.165) is 29.9 Å². The SMILES string of the molecule is CS(=O)(=O)CC(=O)c1ccc2c3c(cccc13)CC2. The molecule has 2 aromatic carbocycles. The van der Waals surface area contributed by atoms with Crippen LogP contribution in [0, 0.1) is 0 Å². The highest BCUT2D eigenvalue weighted by atomic mass is 32.2. The van der Waals surface area contributed by atoms with E-state index in [1.54, 1.807) is 6.07 Å². The molecular weight excluding hydrogens is 260 g/mol. The second-order valence-electron chi connectivity index (χ2n) is 5.11. The predicted octanol–water partition coefficient (Wildman–Crippen LogP) is 2.17. The summed E-state index contributed by atoms with van der Waals surface area (Å²) in [5, 5.41) is 2.03. The molecular formula is C15H14O3S. The molecule has 0 bridgehead atoms. The molecule has 0 aliphatic heterocycles. The molecule has 0 atom stereocenters. The van der Waals surface area contributed by atoms with Crippen LogP contribution in [0.25, 0.3) is 10.8 Å². The minimum absolute atomic E-state index is 0.321. The van der Waals surface area contributed by atoms with E-state index < -0.39 is 15.6 Å². The van der Waals surface area contributed by atoms with Gasteiger partial charge >= 0.3 is 0 Å². The summed E-state index contributed by atoms with van der Waals surface area (Å²) in [5.74, 6) is -0.746. The van der Waals surface area contributed by atoms with Gasteiger partial charge in [0, 0.05) is 11.8 Å². The van der Waals surface area contributed by atoms with E-state index in [2.05, 4.69) is 6.07 Å². The van der Waals surface area contributed by atoms with Gasteiger partial charge in [-0.25, -0.2) is 8.42 Å². The molecule has 1 aliphatic rings. The molecule has 0 N–H and O–H groups in total. The van der Waals surface area contributed by atoms with Gasteiger partial charge in [-0.2, -0.15) is 0 Å². The third kappa shape index (κ3) is 2.16. The zero-order valence-corrected chi connectivity index (χ0v) is 11.5. The summed E-state index contributed by atoms with van der Waals surface area (Å²) in [6, 6.07) is 9.63. The molecule has 0 spiro atoms. The van der Waals surface area contributed by atoms with Gasteiger partial charge in [-0.3, -0.25) is 4.79 Å². The Balaban J connectivity index is 2.19. The molecule has 0 saturated carbocycles. The quantitative estimate of drug-likeness (QED) is 0.806. The zero-order valence-electron chi connectivity index (χ0n) is 10.6. The van der Waals surface area contributed by atoms with E-state index in [9.17, 15) is 13.2 Å². The Morgan fingerprint density at radius 2 is 1.79 bits per heavy atom. The van der Waals surface area contributed by atoms with Crippen molar-refractivity contribution >= 4 is 26.4 Å². The van der Waals surface area contributed by atoms with Crippen molar-refractivity contribution in [2.45, 2.75) is 12.8 Å². The van der Waals surface area contributed by atoms with Crippen molar-refractivity contribution in [3.05, 3.63) is 47.0 Å². The average Bonchev–Trinajstić information content (AvgIpc) is 2.73. The van der Waals surface area contributed by atoms with Gasteiger partial charge in [0.1, 0.15) is 5.75 Å². The van der Waals surface area contributed by atoms with Gasteiger partial charge < -0.3 is 0 Å². The summed E-state index contributed by atoms with van der Waals surface area (Å²) in [6.07, 6.45) is 3.08. The molecule has 2 aromatic rings. The Kier molecular flexibility index (Phi) is 2.71. The molecule has 0 saturated heterocycles. The molecule has 0 fully saturated rings. The topological polar surface area (TPSA) is 51.2 Å².